The third-order valence-electron chi connectivity index (χ3n) is 12.2. The molecule has 2 aliphatic heterocycles. The summed E-state index contributed by atoms with van der Waals surface area (Å²) >= 11 is 0. The molecule has 43 heavy (non-hydrogen) atoms. The number of rotatable bonds is 6. The predicted octanol–water partition coefficient (Wildman–Crippen LogP) is 6.96. The van der Waals surface area contributed by atoms with E-state index in [1.54, 1.807) is 7.11 Å². The summed E-state index contributed by atoms with van der Waals surface area (Å²) < 4.78 is 37.9. The molecule has 9 heteroatoms. The molecule has 0 aromatic heterocycles. The Labute approximate surface area is 256 Å². The molecule has 3 saturated carbocycles. The molecule has 236 valence electrons. The monoisotopic (exact) mass is 612 g/mol. The van der Waals surface area contributed by atoms with Crippen LogP contribution in [0.4, 0.5) is 4.79 Å². The SMILES string of the molecule is C=C1CC[C@H](O[Si](C)(C)C(C)(C)C)[C@@]2(C)C(=O)[C@H](OCc3ccc(OC)cc3)[C@H]3CC[C@]4(O[C@@]45OC(=O)O[C@H]5[C@H]12)C3(C)C. The van der Waals surface area contributed by atoms with Crippen LogP contribution in [0.2, 0.25) is 18.1 Å². The van der Waals surface area contributed by atoms with E-state index in [0.29, 0.717) is 25.7 Å². The van der Waals surface area contributed by atoms with E-state index in [9.17, 15) is 4.79 Å². The van der Waals surface area contributed by atoms with Crippen molar-refractivity contribution in [2.24, 2.45) is 22.7 Å². The van der Waals surface area contributed by atoms with Gasteiger partial charge in [0.05, 0.1) is 25.2 Å². The third kappa shape index (κ3) is 4.17. The lowest BCUT2D eigenvalue weighted by molar-refractivity contribution is -0.165. The topological polar surface area (TPSA) is 92.8 Å². The number of carbonyl (C=O) groups excluding carboxylic acids is 2. The van der Waals surface area contributed by atoms with Gasteiger partial charge < -0.3 is 28.1 Å². The lowest BCUT2D eigenvalue weighted by atomic mass is 9.57. The molecular formula is C34H48O8Si. The molecule has 2 spiro atoms. The molecule has 0 N–H and O–H groups in total. The van der Waals surface area contributed by atoms with Crippen molar-refractivity contribution < 1.29 is 37.7 Å². The molecule has 8 atom stereocenters. The van der Waals surface area contributed by atoms with Crippen LogP contribution >= 0.6 is 0 Å². The van der Waals surface area contributed by atoms with E-state index in [1.165, 1.54) is 0 Å². The van der Waals surface area contributed by atoms with Gasteiger partial charge in [0.25, 0.3) is 5.79 Å². The minimum absolute atomic E-state index is 0.00917. The maximum Gasteiger partial charge on any atom is 0.511 e. The van der Waals surface area contributed by atoms with Crippen LogP contribution in [0, 0.1) is 22.7 Å². The summed E-state index contributed by atoms with van der Waals surface area (Å²) in [5.41, 5.74) is -0.586. The second-order valence-corrected chi connectivity index (χ2v) is 20.4. The summed E-state index contributed by atoms with van der Waals surface area (Å²) in [6.07, 6.45) is -0.0150. The Morgan fingerprint density at radius 2 is 1.74 bits per heavy atom. The zero-order valence-corrected chi connectivity index (χ0v) is 28.2. The van der Waals surface area contributed by atoms with Gasteiger partial charge in [0.2, 0.25) is 0 Å². The zero-order valence-electron chi connectivity index (χ0n) is 27.2. The van der Waals surface area contributed by atoms with Gasteiger partial charge in [0.1, 0.15) is 17.5 Å². The highest BCUT2D eigenvalue weighted by atomic mass is 28.4. The second kappa shape index (κ2) is 9.65. The van der Waals surface area contributed by atoms with Crippen LogP contribution in [0.5, 0.6) is 5.75 Å². The van der Waals surface area contributed by atoms with Gasteiger partial charge in [-0.05, 0) is 68.4 Å². The molecule has 2 heterocycles. The summed E-state index contributed by atoms with van der Waals surface area (Å²) in [6.45, 7) is 22.0. The highest BCUT2D eigenvalue weighted by molar-refractivity contribution is 6.74. The fourth-order valence-electron chi connectivity index (χ4n) is 8.52. The number of ether oxygens (including phenoxy) is 5. The number of carbonyl (C=O) groups is 2. The normalized spacial score (nSPS) is 39.8. The van der Waals surface area contributed by atoms with Crippen molar-refractivity contribution in [1.82, 2.24) is 0 Å². The molecular weight excluding hydrogens is 564 g/mol. The molecule has 0 unspecified atom stereocenters. The molecule has 2 saturated heterocycles. The number of Topliss-reactive ketones (excluding diaryl/α,β-unsaturated/α-hetero) is 1. The van der Waals surface area contributed by atoms with Gasteiger partial charge in [0, 0.05) is 17.3 Å². The van der Waals surface area contributed by atoms with Crippen molar-refractivity contribution in [3.05, 3.63) is 42.0 Å². The lowest BCUT2D eigenvalue weighted by Crippen LogP contribution is -2.62. The second-order valence-electron chi connectivity index (χ2n) is 15.6. The van der Waals surface area contributed by atoms with Crippen molar-refractivity contribution in [3.8, 4) is 5.75 Å². The first-order chi connectivity index (χ1) is 19.9. The lowest BCUT2D eigenvalue weighted by Gasteiger charge is -2.53. The maximum absolute atomic E-state index is 15.4. The molecule has 3 aliphatic carbocycles. The highest BCUT2D eigenvalue weighted by Gasteiger charge is 2.90. The van der Waals surface area contributed by atoms with Crippen LogP contribution < -0.4 is 4.74 Å². The summed E-state index contributed by atoms with van der Waals surface area (Å²) in [6, 6.07) is 7.73. The summed E-state index contributed by atoms with van der Waals surface area (Å²) in [7, 11) is -0.678. The first-order valence-corrected chi connectivity index (χ1v) is 18.6. The van der Waals surface area contributed by atoms with E-state index in [4.69, 9.17) is 28.1 Å². The average molecular weight is 613 g/mol. The quantitative estimate of drug-likeness (QED) is 0.147. The minimum Gasteiger partial charge on any atom is -0.497 e. The van der Waals surface area contributed by atoms with Crippen LogP contribution in [0.25, 0.3) is 0 Å². The molecule has 0 amide bonds. The van der Waals surface area contributed by atoms with E-state index in [-0.39, 0.29) is 23.3 Å². The Kier molecular flexibility index (Phi) is 6.91. The van der Waals surface area contributed by atoms with E-state index >= 15 is 4.79 Å². The van der Waals surface area contributed by atoms with E-state index < -0.39 is 60.9 Å². The molecule has 5 fully saturated rings. The van der Waals surface area contributed by atoms with Crippen molar-refractivity contribution >= 4 is 20.3 Å². The number of methoxy groups -OCH3 is 1. The Bertz CT molecular complexity index is 1330. The van der Waals surface area contributed by atoms with Crippen LogP contribution in [0.3, 0.4) is 0 Å². The molecule has 1 aromatic rings. The Hall–Kier alpha value is -2.20. The van der Waals surface area contributed by atoms with Gasteiger partial charge in [-0.3, -0.25) is 4.79 Å². The Morgan fingerprint density at radius 1 is 1.07 bits per heavy atom. The summed E-state index contributed by atoms with van der Waals surface area (Å²) in [5, 5.41) is -0.0615. The average Bonchev–Trinajstić information content (AvgIpc) is 3.35. The van der Waals surface area contributed by atoms with Crippen LogP contribution in [0.1, 0.15) is 72.8 Å². The van der Waals surface area contributed by atoms with E-state index in [0.717, 1.165) is 16.9 Å². The predicted molar refractivity (Wildman–Crippen MR) is 163 cm³/mol. The Morgan fingerprint density at radius 3 is 2.37 bits per heavy atom. The molecule has 0 radical (unpaired) electrons. The van der Waals surface area contributed by atoms with Crippen molar-refractivity contribution in [2.45, 2.75) is 122 Å². The fraction of sp³-hybridized carbons (Fsp3) is 0.706. The number of epoxide rings is 1. The first kappa shape index (κ1) is 30.8. The molecule has 1 aromatic carbocycles. The number of hydrogen-bond acceptors (Lipinski definition) is 8. The molecule has 8 nitrogen and oxygen atoms in total. The number of hydrogen-bond donors (Lipinski definition) is 0. The highest BCUT2D eigenvalue weighted by Crippen LogP contribution is 2.75. The van der Waals surface area contributed by atoms with Crippen molar-refractivity contribution in [2.75, 3.05) is 7.11 Å². The van der Waals surface area contributed by atoms with Gasteiger partial charge in [-0.25, -0.2) is 4.79 Å². The zero-order chi connectivity index (χ0) is 31.4. The molecule has 2 bridgehead atoms. The Balaban J connectivity index is 1.48. The van der Waals surface area contributed by atoms with Gasteiger partial charge in [-0.1, -0.05) is 58.9 Å². The van der Waals surface area contributed by atoms with Crippen molar-refractivity contribution in [3.63, 3.8) is 0 Å². The number of ketones is 1. The summed E-state index contributed by atoms with van der Waals surface area (Å²) in [4.78, 5) is 28.3. The minimum atomic E-state index is -2.32. The smallest absolute Gasteiger partial charge is 0.497 e. The van der Waals surface area contributed by atoms with Crippen LogP contribution in [-0.4, -0.2) is 57.1 Å². The largest absolute Gasteiger partial charge is 0.511 e. The standard InChI is InChI=1S/C34H48O8Si/c1-20-11-16-24(41-43(9,10)30(2,3)4)32(7)25(20)28-34(40-29(36)39-28)33(42-34)18-17-23(31(33,5)6)26(27(32)35)38-19-21-12-14-22(37-8)15-13-21/h12-15,23-26,28H,1,11,16-19H2,2-10H3/t23-,24+,25+,26-,28+,32-,33+,34-/m1/s1. The molecule has 5 aliphatic rings. The first-order valence-electron chi connectivity index (χ1n) is 15.7. The van der Waals surface area contributed by atoms with E-state index in [1.807, 2.05) is 31.2 Å². The maximum atomic E-state index is 15.4. The number of fused-ring (bicyclic) bond motifs is 3. The van der Waals surface area contributed by atoms with Crippen molar-refractivity contribution in [1.29, 1.82) is 0 Å². The van der Waals surface area contributed by atoms with Gasteiger partial charge >= 0.3 is 6.16 Å². The van der Waals surface area contributed by atoms with Crippen LogP contribution in [0.15, 0.2) is 36.4 Å². The van der Waals surface area contributed by atoms with E-state index in [2.05, 4.69) is 54.3 Å². The summed E-state index contributed by atoms with van der Waals surface area (Å²) in [5.74, 6) is -1.22. The van der Waals surface area contributed by atoms with Crippen LogP contribution in [-0.2, 0) is 34.8 Å². The third-order valence-corrected chi connectivity index (χ3v) is 16.7. The van der Waals surface area contributed by atoms with Gasteiger partial charge in [-0.15, -0.1) is 0 Å². The molecule has 6 rings (SSSR count). The fourth-order valence-corrected chi connectivity index (χ4v) is 9.94. The number of benzene rings is 1. The van der Waals surface area contributed by atoms with Gasteiger partial charge in [-0.2, -0.15) is 0 Å². The van der Waals surface area contributed by atoms with Gasteiger partial charge in [0.15, 0.2) is 20.2 Å².